The highest BCUT2D eigenvalue weighted by Gasteiger charge is 2.23. The smallest absolute Gasteiger partial charge is 0.293 e. The second-order valence-corrected chi connectivity index (χ2v) is 7.12. The highest BCUT2D eigenvalue weighted by molar-refractivity contribution is 6.20. The molecule has 0 radical (unpaired) electrons. The Morgan fingerprint density at radius 3 is 2.75 bits per heavy atom. The van der Waals surface area contributed by atoms with Gasteiger partial charge < -0.3 is 9.88 Å². The van der Waals surface area contributed by atoms with E-state index in [0.717, 1.165) is 19.4 Å². The van der Waals surface area contributed by atoms with Crippen molar-refractivity contribution in [2.24, 2.45) is 5.92 Å². The summed E-state index contributed by atoms with van der Waals surface area (Å²) >= 11 is 6.35. The van der Waals surface area contributed by atoms with Crippen LogP contribution in [0, 0.1) is 5.92 Å². The fourth-order valence-electron chi connectivity index (χ4n) is 2.68. The lowest BCUT2D eigenvalue weighted by Gasteiger charge is -2.27. The molecule has 112 valence electrons. The molecule has 2 atom stereocenters. The molecule has 2 rings (SSSR count). The predicted molar refractivity (Wildman–Crippen MR) is 83.6 cm³/mol. The summed E-state index contributed by atoms with van der Waals surface area (Å²) in [7, 11) is 0. The maximum atomic E-state index is 12.4. The van der Waals surface area contributed by atoms with E-state index in [0.29, 0.717) is 11.7 Å². The van der Waals surface area contributed by atoms with Gasteiger partial charge >= 0.3 is 0 Å². The van der Waals surface area contributed by atoms with Crippen molar-refractivity contribution < 1.29 is 0 Å². The predicted octanol–water partition coefficient (Wildman–Crippen LogP) is 3.21. The number of halogens is 1. The first-order chi connectivity index (χ1) is 9.39. The Kier molecular flexibility index (Phi) is 4.74. The lowest BCUT2D eigenvalue weighted by atomic mass is 9.89. The summed E-state index contributed by atoms with van der Waals surface area (Å²) < 4.78 is 1.71. The third-order valence-corrected chi connectivity index (χ3v) is 4.49. The quantitative estimate of drug-likeness (QED) is 0.872. The lowest BCUT2D eigenvalue weighted by molar-refractivity contribution is 0.376. The number of hydrogen-bond acceptors (Lipinski definition) is 3. The SMILES string of the molecule is CC(C)(C)n1ccnc(NCC2CCCCC2Cl)c1=O. The summed E-state index contributed by atoms with van der Waals surface area (Å²) in [5.74, 6) is 0.853. The molecule has 2 unspecified atom stereocenters. The van der Waals surface area contributed by atoms with Crippen LogP contribution in [0.5, 0.6) is 0 Å². The Labute approximate surface area is 125 Å². The van der Waals surface area contributed by atoms with E-state index in [-0.39, 0.29) is 16.5 Å². The van der Waals surface area contributed by atoms with Gasteiger partial charge in [-0.15, -0.1) is 11.6 Å². The summed E-state index contributed by atoms with van der Waals surface area (Å²) in [5, 5.41) is 3.41. The Bertz CT molecular complexity index is 507. The van der Waals surface area contributed by atoms with E-state index in [2.05, 4.69) is 10.3 Å². The molecule has 20 heavy (non-hydrogen) atoms. The van der Waals surface area contributed by atoms with Gasteiger partial charge in [0.05, 0.1) is 0 Å². The zero-order chi connectivity index (χ0) is 14.8. The van der Waals surface area contributed by atoms with Crippen molar-refractivity contribution >= 4 is 17.4 Å². The molecule has 1 fully saturated rings. The normalized spacial score (nSPS) is 23.6. The summed E-state index contributed by atoms with van der Waals surface area (Å²) in [6.45, 7) is 6.75. The third kappa shape index (κ3) is 3.54. The van der Waals surface area contributed by atoms with Crippen LogP contribution < -0.4 is 10.9 Å². The molecule has 1 aromatic rings. The molecule has 1 heterocycles. The lowest BCUT2D eigenvalue weighted by Crippen LogP contribution is -2.36. The minimum Gasteiger partial charge on any atom is -0.365 e. The van der Waals surface area contributed by atoms with E-state index in [1.165, 1.54) is 12.8 Å². The second-order valence-electron chi connectivity index (χ2n) is 6.56. The third-order valence-electron chi connectivity index (χ3n) is 3.91. The van der Waals surface area contributed by atoms with Crippen molar-refractivity contribution in [2.45, 2.75) is 57.4 Å². The van der Waals surface area contributed by atoms with Gasteiger partial charge in [-0.2, -0.15) is 0 Å². The van der Waals surface area contributed by atoms with Crippen LogP contribution in [0.4, 0.5) is 5.82 Å². The van der Waals surface area contributed by atoms with Crippen LogP contribution in [-0.2, 0) is 5.54 Å². The van der Waals surface area contributed by atoms with Crippen LogP contribution in [0.2, 0.25) is 0 Å². The maximum Gasteiger partial charge on any atom is 0.293 e. The molecule has 0 spiro atoms. The molecule has 0 amide bonds. The molecular formula is C15H24ClN3O. The summed E-state index contributed by atoms with van der Waals surface area (Å²) in [6, 6.07) is 0. The standard InChI is InChI=1S/C15H24ClN3O/c1-15(2,3)19-9-8-17-13(14(19)20)18-10-11-6-4-5-7-12(11)16/h8-9,11-12H,4-7,10H2,1-3H3,(H,17,18). The number of nitrogens with zero attached hydrogens (tertiary/aromatic N) is 2. The zero-order valence-corrected chi connectivity index (χ0v) is 13.3. The van der Waals surface area contributed by atoms with E-state index < -0.39 is 0 Å². The minimum atomic E-state index is -0.240. The van der Waals surface area contributed by atoms with E-state index in [1.54, 1.807) is 17.0 Å². The molecular weight excluding hydrogens is 274 g/mol. The Morgan fingerprint density at radius 1 is 1.40 bits per heavy atom. The van der Waals surface area contributed by atoms with Crippen molar-refractivity contribution in [3.8, 4) is 0 Å². The summed E-state index contributed by atoms with van der Waals surface area (Å²) in [4.78, 5) is 16.5. The molecule has 0 saturated heterocycles. The average Bonchev–Trinajstić information content (AvgIpc) is 2.38. The molecule has 0 aromatic carbocycles. The first-order valence-corrected chi connectivity index (χ1v) is 7.79. The minimum absolute atomic E-state index is 0.0677. The summed E-state index contributed by atoms with van der Waals surface area (Å²) in [6.07, 6.45) is 8.05. The van der Waals surface area contributed by atoms with Crippen LogP contribution in [0.3, 0.4) is 0 Å². The summed E-state index contributed by atoms with van der Waals surface area (Å²) in [5.41, 5.74) is -0.307. The van der Waals surface area contributed by atoms with Crippen LogP contribution >= 0.6 is 11.6 Å². The molecule has 1 saturated carbocycles. The van der Waals surface area contributed by atoms with Crippen LogP contribution in [0.1, 0.15) is 46.5 Å². The molecule has 1 aromatic heterocycles. The number of alkyl halides is 1. The van der Waals surface area contributed by atoms with Crippen LogP contribution in [-0.4, -0.2) is 21.5 Å². The molecule has 1 aliphatic carbocycles. The fraction of sp³-hybridized carbons (Fsp3) is 0.733. The molecule has 1 aliphatic rings. The average molecular weight is 298 g/mol. The number of rotatable bonds is 3. The van der Waals surface area contributed by atoms with Crippen molar-refractivity contribution in [2.75, 3.05) is 11.9 Å². The fourth-order valence-corrected chi connectivity index (χ4v) is 3.05. The van der Waals surface area contributed by atoms with Gasteiger partial charge in [0, 0.05) is 29.9 Å². The Morgan fingerprint density at radius 2 is 2.10 bits per heavy atom. The number of nitrogens with one attached hydrogen (secondary N) is 1. The Balaban J connectivity index is 2.08. The van der Waals surface area contributed by atoms with Gasteiger partial charge in [-0.25, -0.2) is 4.98 Å². The van der Waals surface area contributed by atoms with Gasteiger partial charge in [0.25, 0.3) is 5.56 Å². The van der Waals surface area contributed by atoms with E-state index >= 15 is 0 Å². The van der Waals surface area contributed by atoms with Crippen molar-refractivity contribution in [3.63, 3.8) is 0 Å². The highest BCUT2D eigenvalue weighted by atomic mass is 35.5. The maximum absolute atomic E-state index is 12.4. The van der Waals surface area contributed by atoms with Gasteiger partial charge in [-0.3, -0.25) is 4.79 Å². The van der Waals surface area contributed by atoms with E-state index in [9.17, 15) is 4.79 Å². The second kappa shape index (κ2) is 6.17. The zero-order valence-electron chi connectivity index (χ0n) is 12.5. The van der Waals surface area contributed by atoms with Gasteiger partial charge in [0.1, 0.15) is 0 Å². The molecule has 0 aliphatic heterocycles. The Hall–Kier alpha value is -1.03. The van der Waals surface area contributed by atoms with E-state index in [4.69, 9.17) is 11.6 Å². The van der Waals surface area contributed by atoms with Gasteiger partial charge in [-0.05, 0) is 39.5 Å². The topological polar surface area (TPSA) is 46.9 Å². The van der Waals surface area contributed by atoms with Gasteiger partial charge in [0.15, 0.2) is 5.82 Å². The number of aromatic nitrogens is 2. The first-order valence-electron chi connectivity index (χ1n) is 7.35. The van der Waals surface area contributed by atoms with Crippen molar-refractivity contribution in [1.82, 2.24) is 9.55 Å². The monoisotopic (exact) mass is 297 g/mol. The van der Waals surface area contributed by atoms with Crippen molar-refractivity contribution in [3.05, 3.63) is 22.7 Å². The van der Waals surface area contributed by atoms with Crippen LogP contribution in [0.25, 0.3) is 0 Å². The molecule has 4 nitrogen and oxygen atoms in total. The van der Waals surface area contributed by atoms with Crippen LogP contribution in [0.15, 0.2) is 17.2 Å². The number of hydrogen-bond donors (Lipinski definition) is 1. The van der Waals surface area contributed by atoms with Gasteiger partial charge in [-0.1, -0.05) is 12.8 Å². The van der Waals surface area contributed by atoms with Gasteiger partial charge in [0.2, 0.25) is 0 Å². The molecule has 5 heteroatoms. The van der Waals surface area contributed by atoms with E-state index in [1.807, 2.05) is 20.8 Å². The van der Waals surface area contributed by atoms with Crippen molar-refractivity contribution in [1.29, 1.82) is 0 Å². The first kappa shape index (κ1) is 15.4. The number of anilines is 1. The molecule has 1 N–H and O–H groups in total. The largest absolute Gasteiger partial charge is 0.365 e. The highest BCUT2D eigenvalue weighted by Crippen LogP contribution is 2.28. The molecule has 0 bridgehead atoms.